The van der Waals surface area contributed by atoms with Gasteiger partial charge in [-0.25, -0.2) is 0 Å². The van der Waals surface area contributed by atoms with Gasteiger partial charge in [-0.15, -0.1) is 0 Å². The molecule has 0 saturated carbocycles. The Morgan fingerprint density at radius 3 is 2.78 bits per heavy atom. The Morgan fingerprint density at radius 2 is 2.11 bits per heavy atom. The van der Waals surface area contributed by atoms with Gasteiger partial charge in [0.25, 0.3) is 0 Å². The molecule has 0 bridgehead atoms. The number of thioether (sulfide) groups is 1. The Bertz CT molecular complexity index is 232. The minimum Gasteiger partial charge on any atom is -0.355 e. The number of hydrogen-bond acceptors (Lipinski definition) is 4. The van der Waals surface area contributed by atoms with Crippen LogP contribution in [0, 0.1) is 0 Å². The van der Waals surface area contributed by atoms with Crippen molar-refractivity contribution in [2.24, 2.45) is 5.73 Å². The summed E-state index contributed by atoms with van der Waals surface area (Å²) in [6, 6.07) is -0.340. The van der Waals surface area contributed by atoms with Crippen molar-refractivity contribution in [3.05, 3.63) is 0 Å². The number of nitrogens with one attached hydrogen (secondary N) is 1. The third-order valence-electron chi connectivity index (χ3n) is 3.37. The molecular formula is C13H27N3OS. The fourth-order valence-electron chi connectivity index (χ4n) is 2.20. The van der Waals surface area contributed by atoms with E-state index < -0.39 is 0 Å². The van der Waals surface area contributed by atoms with Gasteiger partial charge in [0.1, 0.15) is 0 Å². The van der Waals surface area contributed by atoms with Crippen LogP contribution in [0.2, 0.25) is 0 Å². The van der Waals surface area contributed by atoms with Gasteiger partial charge in [0, 0.05) is 6.54 Å². The molecule has 3 N–H and O–H groups in total. The summed E-state index contributed by atoms with van der Waals surface area (Å²) >= 11 is 1.73. The molecule has 106 valence electrons. The summed E-state index contributed by atoms with van der Waals surface area (Å²) in [6.07, 6.45) is 7.85. The van der Waals surface area contributed by atoms with Crippen LogP contribution in [0.25, 0.3) is 0 Å². The Balaban J connectivity index is 2.00. The first-order valence-corrected chi connectivity index (χ1v) is 8.38. The van der Waals surface area contributed by atoms with Crippen molar-refractivity contribution >= 4 is 17.7 Å². The molecule has 1 rings (SSSR count). The van der Waals surface area contributed by atoms with Gasteiger partial charge in [0.2, 0.25) is 5.91 Å². The number of rotatable bonds is 8. The maximum atomic E-state index is 11.6. The van der Waals surface area contributed by atoms with Crippen molar-refractivity contribution < 1.29 is 4.79 Å². The Hall–Kier alpha value is -0.260. The molecule has 0 radical (unpaired) electrons. The first-order chi connectivity index (χ1) is 8.74. The standard InChI is InChI=1S/C13H27N3OS/c1-18-11-6-12(14)13(17)15-7-5-10-16-8-3-2-4-9-16/h12H,2-11,14H2,1H3,(H,15,17)/t12-/m1/s1. The molecule has 4 nitrogen and oxygen atoms in total. The molecule has 1 aliphatic rings. The lowest BCUT2D eigenvalue weighted by molar-refractivity contribution is -0.122. The first kappa shape index (κ1) is 15.8. The predicted molar refractivity (Wildman–Crippen MR) is 78.9 cm³/mol. The molecule has 1 aliphatic heterocycles. The zero-order valence-electron chi connectivity index (χ0n) is 11.5. The number of hydrogen-bond donors (Lipinski definition) is 2. The van der Waals surface area contributed by atoms with E-state index in [4.69, 9.17) is 5.73 Å². The van der Waals surface area contributed by atoms with Crippen molar-refractivity contribution in [3.8, 4) is 0 Å². The van der Waals surface area contributed by atoms with Crippen molar-refractivity contribution in [1.29, 1.82) is 0 Å². The van der Waals surface area contributed by atoms with Crippen LogP contribution in [0.1, 0.15) is 32.1 Å². The lowest BCUT2D eigenvalue weighted by Gasteiger charge is -2.26. The highest BCUT2D eigenvalue weighted by molar-refractivity contribution is 7.98. The minimum atomic E-state index is -0.340. The summed E-state index contributed by atoms with van der Waals surface area (Å²) in [6.45, 7) is 4.30. The average Bonchev–Trinajstić information content (AvgIpc) is 2.41. The summed E-state index contributed by atoms with van der Waals surface area (Å²) in [5.74, 6) is 0.949. The second-order valence-electron chi connectivity index (χ2n) is 4.93. The zero-order chi connectivity index (χ0) is 13.2. The maximum Gasteiger partial charge on any atom is 0.236 e. The van der Waals surface area contributed by atoms with Crippen LogP contribution in [0.15, 0.2) is 0 Å². The van der Waals surface area contributed by atoms with Crippen LogP contribution in [0.5, 0.6) is 0 Å². The molecule has 1 amide bonds. The van der Waals surface area contributed by atoms with Crippen molar-refractivity contribution in [1.82, 2.24) is 10.2 Å². The molecule has 0 unspecified atom stereocenters. The van der Waals surface area contributed by atoms with E-state index in [1.165, 1.54) is 32.4 Å². The van der Waals surface area contributed by atoms with E-state index in [1.807, 2.05) is 6.26 Å². The third-order valence-corrected chi connectivity index (χ3v) is 4.01. The van der Waals surface area contributed by atoms with Gasteiger partial charge in [-0.1, -0.05) is 6.42 Å². The van der Waals surface area contributed by atoms with Crippen LogP contribution in [0.3, 0.4) is 0 Å². The third kappa shape index (κ3) is 6.61. The van der Waals surface area contributed by atoms with E-state index in [9.17, 15) is 4.79 Å². The largest absolute Gasteiger partial charge is 0.355 e. The number of carbonyl (C=O) groups is 1. The summed E-state index contributed by atoms with van der Waals surface area (Å²) in [5.41, 5.74) is 5.79. The predicted octanol–water partition coefficient (Wildman–Crippen LogP) is 1.06. The Kier molecular flexibility index (Phi) is 8.46. The topological polar surface area (TPSA) is 58.4 Å². The smallest absolute Gasteiger partial charge is 0.236 e. The van der Waals surface area contributed by atoms with Crippen molar-refractivity contribution in [2.75, 3.05) is 38.2 Å². The number of amides is 1. The number of nitrogens with zero attached hydrogens (tertiary/aromatic N) is 1. The quantitative estimate of drug-likeness (QED) is 0.649. The number of likely N-dealkylation sites (tertiary alicyclic amines) is 1. The van der Waals surface area contributed by atoms with E-state index in [1.54, 1.807) is 11.8 Å². The monoisotopic (exact) mass is 273 g/mol. The zero-order valence-corrected chi connectivity index (χ0v) is 12.3. The van der Waals surface area contributed by atoms with Crippen LogP contribution in [0.4, 0.5) is 0 Å². The fraction of sp³-hybridized carbons (Fsp3) is 0.923. The molecular weight excluding hydrogens is 246 g/mol. The molecule has 0 aromatic carbocycles. The van der Waals surface area contributed by atoms with Gasteiger partial charge >= 0.3 is 0 Å². The molecule has 18 heavy (non-hydrogen) atoms. The normalized spacial score (nSPS) is 18.6. The maximum absolute atomic E-state index is 11.6. The first-order valence-electron chi connectivity index (χ1n) is 6.98. The van der Waals surface area contributed by atoms with E-state index >= 15 is 0 Å². The van der Waals surface area contributed by atoms with E-state index in [-0.39, 0.29) is 11.9 Å². The van der Waals surface area contributed by atoms with Gasteiger partial charge in [-0.2, -0.15) is 11.8 Å². The lowest BCUT2D eigenvalue weighted by atomic mass is 10.1. The van der Waals surface area contributed by atoms with Gasteiger partial charge in [-0.05, 0) is 57.3 Å². The molecule has 1 fully saturated rings. The van der Waals surface area contributed by atoms with Crippen LogP contribution in [-0.4, -0.2) is 55.0 Å². The highest BCUT2D eigenvalue weighted by Gasteiger charge is 2.12. The molecule has 1 atom stereocenters. The molecule has 5 heteroatoms. The second-order valence-corrected chi connectivity index (χ2v) is 5.92. The number of carbonyl (C=O) groups excluding carboxylic acids is 1. The van der Waals surface area contributed by atoms with Gasteiger partial charge < -0.3 is 16.0 Å². The molecule has 1 heterocycles. The Labute approximate surface area is 115 Å². The average molecular weight is 273 g/mol. The minimum absolute atomic E-state index is 0.00249. The van der Waals surface area contributed by atoms with Crippen molar-refractivity contribution in [3.63, 3.8) is 0 Å². The van der Waals surface area contributed by atoms with Gasteiger partial charge in [0.15, 0.2) is 0 Å². The molecule has 1 saturated heterocycles. The Morgan fingerprint density at radius 1 is 1.39 bits per heavy atom. The molecule has 0 aromatic heterocycles. The van der Waals surface area contributed by atoms with Crippen LogP contribution in [-0.2, 0) is 4.79 Å². The van der Waals surface area contributed by atoms with Gasteiger partial charge in [0.05, 0.1) is 6.04 Å². The lowest BCUT2D eigenvalue weighted by Crippen LogP contribution is -2.42. The fourth-order valence-corrected chi connectivity index (χ4v) is 2.69. The highest BCUT2D eigenvalue weighted by atomic mass is 32.2. The van der Waals surface area contributed by atoms with Crippen molar-refractivity contribution in [2.45, 2.75) is 38.1 Å². The van der Waals surface area contributed by atoms with E-state index in [0.717, 1.165) is 31.7 Å². The molecule has 0 spiro atoms. The van der Waals surface area contributed by atoms with Crippen LogP contribution >= 0.6 is 11.8 Å². The second kappa shape index (κ2) is 9.64. The van der Waals surface area contributed by atoms with Gasteiger partial charge in [-0.3, -0.25) is 4.79 Å². The van der Waals surface area contributed by atoms with Crippen LogP contribution < -0.4 is 11.1 Å². The highest BCUT2D eigenvalue weighted by Crippen LogP contribution is 2.08. The summed E-state index contributed by atoms with van der Waals surface area (Å²) < 4.78 is 0. The molecule has 0 aromatic rings. The van der Waals surface area contributed by atoms with E-state index in [0.29, 0.717) is 0 Å². The molecule has 0 aliphatic carbocycles. The number of piperidine rings is 1. The SMILES string of the molecule is CSCC[C@@H](N)C(=O)NCCCN1CCCCC1. The summed E-state index contributed by atoms with van der Waals surface area (Å²) in [7, 11) is 0. The summed E-state index contributed by atoms with van der Waals surface area (Å²) in [4.78, 5) is 14.1. The summed E-state index contributed by atoms with van der Waals surface area (Å²) in [5, 5.41) is 2.93. The van der Waals surface area contributed by atoms with E-state index in [2.05, 4.69) is 10.2 Å². The number of nitrogens with two attached hydrogens (primary N) is 1.